The van der Waals surface area contributed by atoms with E-state index >= 15 is 0 Å². The maximum Gasteiger partial charge on any atom is 0.317 e. The molecule has 2 amide bonds. The smallest absolute Gasteiger partial charge is 0.317 e. The molecule has 0 bridgehead atoms. The average molecular weight is 317 g/mol. The number of urea groups is 1. The van der Waals surface area contributed by atoms with E-state index in [2.05, 4.69) is 20.4 Å². The number of carbonyl (C=O) groups is 1. The molecule has 0 unspecified atom stereocenters. The van der Waals surface area contributed by atoms with Crippen molar-refractivity contribution in [1.82, 2.24) is 25.3 Å². The summed E-state index contributed by atoms with van der Waals surface area (Å²) in [5, 5.41) is 15.9. The van der Waals surface area contributed by atoms with Crippen LogP contribution in [0.2, 0.25) is 0 Å². The number of aliphatic hydroxyl groups excluding tert-OH is 1. The highest BCUT2D eigenvalue weighted by atomic mass is 16.5. The Hall–Kier alpha value is -2.48. The van der Waals surface area contributed by atoms with E-state index in [0.29, 0.717) is 24.8 Å². The van der Waals surface area contributed by atoms with E-state index in [1.54, 1.807) is 23.4 Å². The van der Waals surface area contributed by atoms with Crippen LogP contribution >= 0.6 is 0 Å². The molecule has 2 N–H and O–H groups in total. The topological polar surface area (TPSA) is 104 Å². The van der Waals surface area contributed by atoms with E-state index < -0.39 is 0 Å². The maximum absolute atomic E-state index is 12.1. The molecule has 2 aromatic heterocycles. The first-order chi connectivity index (χ1) is 11.3. The minimum atomic E-state index is -0.177. The molecule has 0 aliphatic carbocycles. The summed E-state index contributed by atoms with van der Waals surface area (Å²) in [6.45, 7) is 1.56. The summed E-state index contributed by atoms with van der Waals surface area (Å²) in [5.41, 5.74) is 0.760. The molecule has 0 aromatic carbocycles. The van der Waals surface area contributed by atoms with Crippen LogP contribution in [-0.2, 0) is 6.54 Å². The van der Waals surface area contributed by atoms with Crippen LogP contribution in [-0.4, -0.2) is 50.9 Å². The largest absolute Gasteiger partial charge is 0.396 e. The SMILES string of the molecule is O=C(NCc1nc(-c2cccnc2)no1)N1CCC[C@@H](CO)C1. The van der Waals surface area contributed by atoms with Gasteiger partial charge in [0.2, 0.25) is 11.7 Å². The molecule has 1 fully saturated rings. The van der Waals surface area contributed by atoms with Crippen LogP contribution in [0.25, 0.3) is 11.4 Å². The minimum absolute atomic E-state index is 0.113. The molecule has 1 aliphatic heterocycles. The lowest BCUT2D eigenvalue weighted by atomic mass is 9.99. The van der Waals surface area contributed by atoms with Crippen LogP contribution < -0.4 is 5.32 Å². The van der Waals surface area contributed by atoms with Crippen molar-refractivity contribution in [3.8, 4) is 11.4 Å². The fourth-order valence-corrected chi connectivity index (χ4v) is 2.60. The van der Waals surface area contributed by atoms with Crippen LogP contribution in [0.3, 0.4) is 0 Å². The number of aromatic nitrogens is 3. The standard InChI is InChI=1S/C15H19N5O3/c21-10-11-3-2-6-20(9-11)15(22)17-8-13-18-14(19-23-13)12-4-1-5-16-7-12/h1,4-5,7,11,21H,2-3,6,8-10H2,(H,17,22)/t11-/m1/s1. The first-order valence-corrected chi connectivity index (χ1v) is 7.63. The number of piperidine rings is 1. The van der Waals surface area contributed by atoms with Crippen LogP contribution in [0, 0.1) is 5.92 Å². The number of amides is 2. The summed E-state index contributed by atoms with van der Waals surface area (Å²) < 4.78 is 5.14. The predicted octanol–water partition coefficient (Wildman–Crippen LogP) is 1.05. The van der Waals surface area contributed by atoms with Gasteiger partial charge in [-0.05, 0) is 30.9 Å². The average Bonchev–Trinajstić information content (AvgIpc) is 3.09. The third-order valence-electron chi connectivity index (χ3n) is 3.84. The number of hydrogen-bond donors (Lipinski definition) is 2. The Balaban J connectivity index is 1.54. The van der Waals surface area contributed by atoms with Gasteiger partial charge in [-0.15, -0.1) is 0 Å². The van der Waals surface area contributed by atoms with Crippen molar-refractivity contribution in [2.75, 3.05) is 19.7 Å². The summed E-state index contributed by atoms with van der Waals surface area (Å²) in [6, 6.07) is 3.45. The van der Waals surface area contributed by atoms with Gasteiger partial charge < -0.3 is 19.8 Å². The molecule has 8 nitrogen and oxygen atoms in total. The van der Waals surface area contributed by atoms with Crippen molar-refractivity contribution in [1.29, 1.82) is 0 Å². The number of rotatable bonds is 4. The van der Waals surface area contributed by atoms with Gasteiger partial charge in [0.25, 0.3) is 0 Å². The number of likely N-dealkylation sites (tertiary alicyclic amines) is 1. The predicted molar refractivity (Wildman–Crippen MR) is 81.1 cm³/mol. The second-order valence-corrected chi connectivity index (χ2v) is 5.55. The lowest BCUT2D eigenvalue weighted by Crippen LogP contribution is -2.45. The first-order valence-electron chi connectivity index (χ1n) is 7.63. The molecular formula is C15H19N5O3. The van der Waals surface area contributed by atoms with E-state index in [1.807, 2.05) is 6.07 Å². The molecule has 3 heterocycles. The molecule has 1 atom stereocenters. The van der Waals surface area contributed by atoms with Crippen LogP contribution in [0.4, 0.5) is 4.79 Å². The van der Waals surface area contributed by atoms with Gasteiger partial charge in [-0.1, -0.05) is 5.16 Å². The van der Waals surface area contributed by atoms with E-state index in [0.717, 1.165) is 18.4 Å². The van der Waals surface area contributed by atoms with E-state index in [1.165, 1.54) is 0 Å². The third kappa shape index (κ3) is 3.84. The van der Waals surface area contributed by atoms with Crippen molar-refractivity contribution in [2.24, 2.45) is 5.92 Å². The number of hydrogen-bond acceptors (Lipinski definition) is 6. The molecule has 3 rings (SSSR count). The summed E-state index contributed by atoms with van der Waals surface area (Å²) in [7, 11) is 0. The van der Waals surface area contributed by atoms with Gasteiger partial charge in [-0.2, -0.15) is 4.98 Å². The quantitative estimate of drug-likeness (QED) is 0.873. The summed E-state index contributed by atoms with van der Waals surface area (Å²) >= 11 is 0. The monoisotopic (exact) mass is 317 g/mol. The summed E-state index contributed by atoms with van der Waals surface area (Å²) in [6.07, 6.45) is 5.18. The molecular weight excluding hydrogens is 298 g/mol. The first kappa shape index (κ1) is 15.4. The van der Waals surface area contributed by atoms with Crippen LogP contribution in [0.15, 0.2) is 29.0 Å². The Morgan fingerprint density at radius 1 is 1.52 bits per heavy atom. The van der Waals surface area contributed by atoms with Gasteiger partial charge in [-0.3, -0.25) is 4.98 Å². The van der Waals surface area contributed by atoms with Crippen molar-refractivity contribution < 1.29 is 14.4 Å². The Kier molecular flexibility index (Phi) is 4.82. The molecule has 2 aromatic rings. The Morgan fingerprint density at radius 2 is 2.43 bits per heavy atom. The molecule has 0 radical (unpaired) electrons. The van der Waals surface area contributed by atoms with Gasteiger partial charge >= 0.3 is 6.03 Å². The summed E-state index contributed by atoms with van der Waals surface area (Å²) in [5.74, 6) is 0.948. The van der Waals surface area contributed by atoms with Crippen molar-refractivity contribution in [3.63, 3.8) is 0 Å². The number of carbonyl (C=O) groups excluding carboxylic acids is 1. The van der Waals surface area contributed by atoms with Crippen LogP contribution in [0.1, 0.15) is 18.7 Å². The second kappa shape index (κ2) is 7.19. The fourth-order valence-electron chi connectivity index (χ4n) is 2.60. The lowest BCUT2D eigenvalue weighted by Gasteiger charge is -2.31. The van der Waals surface area contributed by atoms with Crippen molar-refractivity contribution in [2.45, 2.75) is 19.4 Å². The van der Waals surface area contributed by atoms with E-state index in [4.69, 9.17) is 4.52 Å². The second-order valence-electron chi connectivity index (χ2n) is 5.55. The van der Waals surface area contributed by atoms with Crippen molar-refractivity contribution in [3.05, 3.63) is 30.4 Å². The van der Waals surface area contributed by atoms with Crippen molar-refractivity contribution >= 4 is 6.03 Å². The highest BCUT2D eigenvalue weighted by Gasteiger charge is 2.23. The maximum atomic E-state index is 12.1. The molecule has 23 heavy (non-hydrogen) atoms. The zero-order valence-electron chi connectivity index (χ0n) is 12.7. The highest BCUT2D eigenvalue weighted by Crippen LogP contribution is 2.16. The number of nitrogens with one attached hydrogen (secondary N) is 1. The molecule has 1 saturated heterocycles. The molecule has 8 heteroatoms. The molecule has 0 saturated carbocycles. The zero-order chi connectivity index (χ0) is 16.1. The van der Waals surface area contributed by atoms with Crippen LogP contribution in [0.5, 0.6) is 0 Å². The molecule has 0 spiro atoms. The Morgan fingerprint density at radius 3 is 3.22 bits per heavy atom. The van der Waals surface area contributed by atoms with Gasteiger partial charge in [0, 0.05) is 37.7 Å². The van der Waals surface area contributed by atoms with E-state index in [9.17, 15) is 9.90 Å². The minimum Gasteiger partial charge on any atom is -0.396 e. The number of nitrogens with zero attached hydrogens (tertiary/aromatic N) is 4. The van der Waals surface area contributed by atoms with Gasteiger partial charge in [0.1, 0.15) is 0 Å². The molecule has 122 valence electrons. The normalized spacial score (nSPS) is 18.0. The summed E-state index contributed by atoms with van der Waals surface area (Å²) in [4.78, 5) is 22.1. The fraction of sp³-hybridized carbons (Fsp3) is 0.467. The van der Waals surface area contributed by atoms with Gasteiger partial charge in [0.15, 0.2) is 0 Å². The van der Waals surface area contributed by atoms with E-state index in [-0.39, 0.29) is 25.1 Å². The lowest BCUT2D eigenvalue weighted by molar-refractivity contribution is 0.129. The number of aliphatic hydroxyl groups is 1. The molecule has 1 aliphatic rings. The number of pyridine rings is 1. The third-order valence-corrected chi connectivity index (χ3v) is 3.84. The zero-order valence-corrected chi connectivity index (χ0v) is 12.7. The Labute approximate surface area is 133 Å². The Bertz CT molecular complexity index is 646. The van der Waals surface area contributed by atoms with Gasteiger partial charge in [-0.25, -0.2) is 4.79 Å². The van der Waals surface area contributed by atoms with Gasteiger partial charge in [0.05, 0.1) is 6.54 Å². The highest BCUT2D eigenvalue weighted by molar-refractivity contribution is 5.74.